The zero-order chi connectivity index (χ0) is 22.6. The lowest BCUT2D eigenvalue weighted by Gasteiger charge is -2.44. The Morgan fingerprint density at radius 3 is 2.75 bits per heavy atom. The number of amides is 2. The quantitative estimate of drug-likeness (QED) is 0.589. The van der Waals surface area contributed by atoms with Crippen molar-refractivity contribution in [3.8, 4) is 0 Å². The van der Waals surface area contributed by atoms with Gasteiger partial charge in [0.2, 0.25) is 11.8 Å². The summed E-state index contributed by atoms with van der Waals surface area (Å²) in [7, 11) is 0. The molecule has 0 saturated carbocycles. The second-order valence-corrected chi connectivity index (χ2v) is 9.50. The SMILES string of the molecule is CSCCC(NC(=O)Cc1ccc(F)cc1)C(=O)N1CCC2(CC1)NCCc1[nH]cnc12. The Kier molecular flexibility index (Phi) is 7.15. The molecule has 172 valence electrons. The van der Waals surface area contributed by atoms with E-state index in [0.29, 0.717) is 19.5 Å². The molecule has 1 aromatic heterocycles. The summed E-state index contributed by atoms with van der Waals surface area (Å²) in [5.41, 5.74) is 2.82. The average molecular weight is 460 g/mol. The van der Waals surface area contributed by atoms with Gasteiger partial charge in [0.15, 0.2) is 0 Å². The number of imidazole rings is 1. The van der Waals surface area contributed by atoms with Gasteiger partial charge in [-0.3, -0.25) is 9.59 Å². The highest BCUT2D eigenvalue weighted by Gasteiger charge is 2.42. The van der Waals surface area contributed by atoms with Crippen molar-refractivity contribution in [2.45, 2.75) is 43.7 Å². The van der Waals surface area contributed by atoms with E-state index < -0.39 is 6.04 Å². The van der Waals surface area contributed by atoms with Crippen LogP contribution in [0.25, 0.3) is 0 Å². The van der Waals surface area contributed by atoms with E-state index in [4.69, 9.17) is 0 Å². The number of piperidine rings is 1. The van der Waals surface area contributed by atoms with Crippen LogP contribution in [0.4, 0.5) is 4.39 Å². The molecule has 2 aromatic rings. The van der Waals surface area contributed by atoms with Gasteiger partial charge in [0, 0.05) is 31.7 Å². The number of aromatic amines is 1. The highest BCUT2D eigenvalue weighted by atomic mass is 32.2. The first-order valence-electron chi connectivity index (χ1n) is 11.1. The maximum atomic E-state index is 13.3. The minimum absolute atomic E-state index is 0.0283. The van der Waals surface area contributed by atoms with E-state index in [-0.39, 0.29) is 29.6 Å². The average Bonchev–Trinajstić information content (AvgIpc) is 3.29. The van der Waals surface area contributed by atoms with E-state index in [0.717, 1.165) is 42.8 Å². The van der Waals surface area contributed by atoms with Crippen molar-refractivity contribution < 1.29 is 14.0 Å². The number of halogens is 1. The van der Waals surface area contributed by atoms with Gasteiger partial charge in [-0.1, -0.05) is 12.1 Å². The van der Waals surface area contributed by atoms with Gasteiger partial charge in [0.05, 0.1) is 24.0 Å². The van der Waals surface area contributed by atoms with Gasteiger partial charge < -0.3 is 20.5 Å². The standard InChI is InChI=1S/C23H30FN5O2S/c1-32-13-7-19(28-20(30)14-16-2-4-17(24)5-3-16)22(31)29-11-8-23(9-12-29)21-18(6-10-27-23)25-15-26-21/h2-5,15,19,27H,6-14H2,1H3,(H,25,26)(H,28,30). The van der Waals surface area contributed by atoms with E-state index in [1.165, 1.54) is 17.8 Å². The Balaban J connectivity index is 1.38. The van der Waals surface area contributed by atoms with Crippen molar-refractivity contribution in [2.75, 3.05) is 31.6 Å². The van der Waals surface area contributed by atoms with Crippen LogP contribution in [0, 0.1) is 5.82 Å². The Morgan fingerprint density at radius 1 is 1.28 bits per heavy atom. The number of hydrogen-bond donors (Lipinski definition) is 3. The smallest absolute Gasteiger partial charge is 0.245 e. The van der Waals surface area contributed by atoms with Crippen LogP contribution < -0.4 is 10.6 Å². The molecule has 1 fully saturated rings. The molecule has 2 amide bonds. The summed E-state index contributed by atoms with van der Waals surface area (Å²) in [5.74, 6) is 0.196. The largest absolute Gasteiger partial charge is 0.348 e. The number of aromatic nitrogens is 2. The number of nitrogens with zero attached hydrogens (tertiary/aromatic N) is 2. The molecule has 1 aromatic carbocycles. The first-order chi connectivity index (χ1) is 15.5. The van der Waals surface area contributed by atoms with Gasteiger partial charge >= 0.3 is 0 Å². The molecule has 1 unspecified atom stereocenters. The molecule has 3 heterocycles. The van der Waals surface area contributed by atoms with Gasteiger partial charge in [-0.2, -0.15) is 11.8 Å². The van der Waals surface area contributed by atoms with Crippen molar-refractivity contribution in [2.24, 2.45) is 0 Å². The summed E-state index contributed by atoms with van der Waals surface area (Å²) in [6.07, 6.45) is 6.99. The van der Waals surface area contributed by atoms with Gasteiger partial charge in [0.1, 0.15) is 11.9 Å². The summed E-state index contributed by atoms with van der Waals surface area (Å²) in [6, 6.07) is 5.32. The molecule has 3 N–H and O–H groups in total. The third-order valence-corrected chi connectivity index (χ3v) is 7.10. The minimum atomic E-state index is -0.551. The molecule has 2 aliphatic rings. The lowest BCUT2D eigenvalue weighted by Crippen LogP contribution is -2.58. The number of nitrogens with one attached hydrogen (secondary N) is 3. The molecule has 4 rings (SSSR count). The molecule has 7 nitrogen and oxygen atoms in total. The number of thioether (sulfide) groups is 1. The Hall–Kier alpha value is -2.39. The fraction of sp³-hybridized carbons (Fsp3) is 0.522. The molecule has 9 heteroatoms. The predicted molar refractivity (Wildman–Crippen MR) is 123 cm³/mol. The Morgan fingerprint density at radius 2 is 2.03 bits per heavy atom. The van der Waals surface area contributed by atoms with Crippen LogP contribution in [0.2, 0.25) is 0 Å². The highest BCUT2D eigenvalue weighted by Crippen LogP contribution is 2.36. The maximum Gasteiger partial charge on any atom is 0.245 e. The molecular formula is C23H30FN5O2S. The second-order valence-electron chi connectivity index (χ2n) is 8.52. The summed E-state index contributed by atoms with van der Waals surface area (Å²) >= 11 is 1.65. The molecular weight excluding hydrogens is 429 g/mol. The maximum absolute atomic E-state index is 13.3. The fourth-order valence-corrected chi connectivity index (χ4v) is 5.17. The van der Waals surface area contributed by atoms with Gasteiger partial charge in [-0.15, -0.1) is 0 Å². The zero-order valence-electron chi connectivity index (χ0n) is 18.3. The van der Waals surface area contributed by atoms with E-state index in [1.807, 2.05) is 11.2 Å². The van der Waals surface area contributed by atoms with Gasteiger partial charge in [-0.05, 0) is 49.0 Å². The lowest BCUT2D eigenvalue weighted by atomic mass is 9.80. The van der Waals surface area contributed by atoms with Gasteiger partial charge in [0.25, 0.3) is 0 Å². The number of carbonyl (C=O) groups excluding carboxylic acids is 2. The van der Waals surface area contributed by atoms with E-state index >= 15 is 0 Å². The van der Waals surface area contributed by atoms with Crippen LogP contribution in [0.1, 0.15) is 36.2 Å². The van der Waals surface area contributed by atoms with Crippen LogP contribution >= 0.6 is 11.8 Å². The number of benzene rings is 1. The first-order valence-corrected chi connectivity index (χ1v) is 12.5. The van der Waals surface area contributed by atoms with E-state index in [1.54, 1.807) is 30.2 Å². The summed E-state index contributed by atoms with van der Waals surface area (Å²) in [6.45, 7) is 2.16. The van der Waals surface area contributed by atoms with Crippen LogP contribution in [-0.4, -0.2) is 64.4 Å². The van der Waals surface area contributed by atoms with Crippen LogP contribution in [-0.2, 0) is 28.0 Å². The summed E-state index contributed by atoms with van der Waals surface area (Å²) in [4.78, 5) is 35.6. The van der Waals surface area contributed by atoms with E-state index in [2.05, 4.69) is 20.6 Å². The van der Waals surface area contributed by atoms with Crippen molar-refractivity contribution >= 4 is 23.6 Å². The summed E-state index contributed by atoms with van der Waals surface area (Å²) < 4.78 is 13.1. The molecule has 2 aliphatic heterocycles. The minimum Gasteiger partial charge on any atom is -0.348 e. The molecule has 1 atom stereocenters. The fourth-order valence-electron chi connectivity index (χ4n) is 4.70. The van der Waals surface area contributed by atoms with E-state index in [9.17, 15) is 14.0 Å². The number of rotatable bonds is 7. The van der Waals surface area contributed by atoms with Crippen molar-refractivity contribution in [1.82, 2.24) is 25.5 Å². The van der Waals surface area contributed by atoms with Crippen molar-refractivity contribution in [1.29, 1.82) is 0 Å². The van der Waals surface area contributed by atoms with Crippen LogP contribution in [0.3, 0.4) is 0 Å². The normalized spacial score (nSPS) is 18.2. The number of hydrogen-bond acceptors (Lipinski definition) is 5. The molecule has 0 radical (unpaired) electrons. The molecule has 1 saturated heterocycles. The highest BCUT2D eigenvalue weighted by molar-refractivity contribution is 7.98. The molecule has 32 heavy (non-hydrogen) atoms. The molecule has 1 spiro atoms. The third-order valence-electron chi connectivity index (χ3n) is 6.46. The topological polar surface area (TPSA) is 90.1 Å². The number of H-pyrrole nitrogens is 1. The van der Waals surface area contributed by atoms with Gasteiger partial charge in [-0.25, -0.2) is 9.37 Å². The summed E-state index contributed by atoms with van der Waals surface area (Å²) in [5, 5.41) is 6.57. The zero-order valence-corrected chi connectivity index (χ0v) is 19.1. The molecule has 0 bridgehead atoms. The van der Waals surface area contributed by atoms with Crippen molar-refractivity contribution in [3.63, 3.8) is 0 Å². The predicted octanol–water partition coefficient (Wildman–Crippen LogP) is 1.99. The lowest BCUT2D eigenvalue weighted by molar-refractivity contribution is -0.138. The number of carbonyl (C=O) groups is 2. The van der Waals surface area contributed by atoms with Crippen molar-refractivity contribution in [3.05, 3.63) is 53.4 Å². The molecule has 0 aliphatic carbocycles. The monoisotopic (exact) mass is 459 g/mol. The van der Waals surface area contributed by atoms with Crippen LogP contribution in [0.5, 0.6) is 0 Å². The number of likely N-dealkylation sites (tertiary alicyclic amines) is 1. The number of fused-ring (bicyclic) bond motifs is 2. The second kappa shape index (κ2) is 10.0. The van der Waals surface area contributed by atoms with Crippen LogP contribution in [0.15, 0.2) is 30.6 Å². The first kappa shape index (κ1) is 22.8. The Bertz CT molecular complexity index is 940. The third kappa shape index (κ3) is 4.99. The Labute approximate surface area is 191 Å².